The minimum absolute atomic E-state index is 0.0619. The molecular formula is C24H25ClN2O3. The maximum atomic E-state index is 13.5. The van der Waals surface area contributed by atoms with Crippen molar-refractivity contribution < 1.29 is 14.3 Å². The number of carbonyl (C=O) groups excluding carboxylic acids is 2. The Hall–Kier alpha value is -2.66. The molecule has 0 spiro atoms. The van der Waals surface area contributed by atoms with Gasteiger partial charge in [0.15, 0.2) is 5.78 Å². The van der Waals surface area contributed by atoms with Gasteiger partial charge in [-0.2, -0.15) is 0 Å². The van der Waals surface area contributed by atoms with Gasteiger partial charge in [0.25, 0.3) is 0 Å². The summed E-state index contributed by atoms with van der Waals surface area (Å²) in [6.07, 6.45) is 4.74. The molecule has 1 amide bonds. The Kier molecular flexibility index (Phi) is 5.18. The third-order valence-electron chi connectivity index (χ3n) is 5.93. The fraction of sp³-hybridized carbons (Fsp3) is 0.375. The van der Waals surface area contributed by atoms with Gasteiger partial charge in [-0.05, 0) is 42.0 Å². The van der Waals surface area contributed by atoms with Crippen LogP contribution in [0.15, 0.2) is 47.9 Å². The monoisotopic (exact) mass is 424 g/mol. The molecule has 4 rings (SSSR count). The number of aryl methyl sites for hydroxylation is 1. The van der Waals surface area contributed by atoms with Gasteiger partial charge in [-0.25, -0.2) is 0 Å². The number of pyridine rings is 1. The number of ketones is 1. The third-order valence-corrected chi connectivity index (χ3v) is 6.34. The molecular weight excluding hydrogens is 400 g/mol. The van der Waals surface area contributed by atoms with Crippen LogP contribution in [-0.4, -0.2) is 23.8 Å². The van der Waals surface area contributed by atoms with Gasteiger partial charge in [-0.3, -0.25) is 19.5 Å². The van der Waals surface area contributed by atoms with Crippen molar-refractivity contribution in [2.24, 2.45) is 5.41 Å². The van der Waals surface area contributed by atoms with Crippen LogP contribution in [0.2, 0.25) is 5.02 Å². The van der Waals surface area contributed by atoms with Gasteiger partial charge in [-0.15, -0.1) is 0 Å². The van der Waals surface area contributed by atoms with Crippen molar-refractivity contribution >= 4 is 29.0 Å². The smallest absolute Gasteiger partial charge is 0.232 e. The zero-order chi connectivity index (χ0) is 21.6. The number of rotatable bonds is 3. The Morgan fingerprint density at radius 3 is 2.67 bits per heavy atom. The second-order valence-corrected chi connectivity index (χ2v) is 9.25. The van der Waals surface area contributed by atoms with E-state index in [4.69, 9.17) is 16.3 Å². The van der Waals surface area contributed by atoms with Crippen molar-refractivity contribution in [3.05, 3.63) is 64.1 Å². The van der Waals surface area contributed by atoms with Crippen molar-refractivity contribution in [2.75, 3.05) is 12.0 Å². The fourth-order valence-corrected chi connectivity index (χ4v) is 4.70. The molecule has 0 bridgehead atoms. The fourth-order valence-electron chi connectivity index (χ4n) is 4.55. The van der Waals surface area contributed by atoms with Crippen LogP contribution in [0.3, 0.4) is 0 Å². The van der Waals surface area contributed by atoms with Gasteiger partial charge in [0, 0.05) is 53.5 Å². The van der Waals surface area contributed by atoms with Gasteiger partial charge in [0.05, 0.1) is 12.8 Å². The van der Waals surface area contributed by atoms with Crippen LogP contribution < -0.4 is 9.64 Å². The zero-order valence-corrected chi connectivity index (χ0v) is 18.4. The van der Waals surface area contributed by atoms with Gasteiger partial charge >= 0.3 is 0 Å². The van der Waals surface area contributed by atoms with E-state index in [1.165, 1.54) is 0 Å². The van der Waals surface area contributed by atoms with Gasteiger partial charge < -0.3 is 4.74 Å². The number of Topliss-reactive ketones (excluding diaryl/α,β-unsaturated/α-hetero) is 1. The molecule has 2 aliphatic rings. The van der Waals surface area contributed by atoms with Crippen molar-refractivity contribution in [1.29, 1.82) is 0 Å². The first kappa shape index (κ1) is 20.6. The molecule has 1 aliphatic heterocycles. The van der Waals surface area contributed by atoms with Crippen LogP contribution in [0.1, 0.15) is 50.2 Å². The van der Waals surface area contributed by atoms with E-state index in [2.05, 4.69) is 18.8 Å². The minimum Gasteiger partial charge on any atom is -0.495 e. The molecule has 0 saturated heterocycles. The van der Waals surface area contributed by atoms with E-state index in [0.717, 1.165) is 22.4 Å². The van der Waals surface area contributed by atoms with Crippen LogP contribution in [-0.2, 0) is 9.59 Å². The van der Waals surface area contributed by atoms with Crippen LogP contribution >= 0.6 is 11.6 Å². The summed E-state index contributed by atoms with van der Waals surface area (Å²) in [6, 6.07) is 7.36. The maximum Gasteiger partial charge on any atom is 0.232 e. The second kappa shape index (κ2) is 7.55. The summed E-state index contributed by atoms with van der Waals surface area (Å²) in [6.45, 7) is 6.02. The highest BCUT2D eigenvalue weighted by atomic mass is 35.5. The van der Waals surface area contributed by atoms with Crippen molar-refractivity contribution in [2.45, 2.75) is 46.0 Å². The summed E-state index contributed by atoms with van der Waals surface area (Å²) >= 11 is 6.29. The number of nitrogens with zero attached hydrogens (tertiary/aromatic N) is 2. The van der Waals surface area contributed by atoms with E-state index in [1.54, 1.807) is 30.5 Å². The standard InChI is InChI=1S/C24H25ClN2O3/c1-14-8-18(21(30-4)10-17(14)25)27-19-11-24(2,3)12-20(28)23(19)16(9-22(27)29)15-6-5-7-26-13-15/h5-8,10,13,16H,9,11-12H2,1-4H3. The first-order valence-corrected chi connectivity index (χ1v) is 10.4. The zero-order valence-electron chi connectivity index (χ0n) is 17.7. The molecule has 1 aromatic heterocycles. The Labute approximate surface area is 181 Å². The quantitative estimate of drug-likeness (QED) is 0.678. The molecule has 2 heterocycles. The lowest BCUT2D eigenvalue weighted by Gasteiger charge is -2.43. The highest BCUT2D eigenvalue weighted by molar-refractivity contribution is 6.31. The van der Waals surface area contributed by atoms with Crippen molar-refractivity contribution in [3.8, 4) is 5.75 Å². The van der Waals surface area contributed by atoms with E-state index in [9.17, 15) is 9.59 Å². The predicted octanol–water partition coefficient (Wildman–Crippen LogP) is 5.22. The summed E-state index contributed by atoms with van der Waals surface area (Å²) in [4.78, 5) is 32.7. The average molecular weight is 425 g/mol. The number of hydrogen-bond donors (Lipinski definition) is 0. The Balaban J connectivity index is 1.95. The molecule has 1 aromatic carbocycles. The lowest BCUT2D eigenvalue weighted by molar-refractivity contribution is -0.121. The van der Waals surface area contributed by atoms with Crippen LogP contribution in [0.25, 0.3) is 0 Å². The summed E-state index contributed by atoms with van der Waals surface area (Å²) in [5, 5.41) is 0.572. The molecule has 156 valence electrons. The number of methoxy groups -OCH3 is 1. The van der Waals surface area contributed by atoms with Crippen LogP contribution in [0.5, 0.6) is 5.75 Å². The molecule has 1 aliphatic carbocycles. The maximum absolute atomic E-state index is 13.5. The van der Waals surface area contributed by atoms with Crippen LogP contribution in [0.4, 0.5) is 5.69 Å². The number of carbonyl (C=O) groups is 2. The molecule has 0 N–H and O–H groups in total. The van der Waals surface area contributed by atoms with E-state index >= 15 is 0 Å². The highest BCUT2D eigenvalue weighted by Gasteiger charge is 2.45. The number of hydrogen-bond acceptors (Lipinski definition) is 4. The average Bonchev–Trinajstić information content (AvgIpc) is 2.69. The predicted molar refractivity (Wildman–Crippen MR) is 117 cm³/mol. The number of aromatic nitrogens is 1. The molecule has 5 nitrogen and oxygen atoms in total. The number of amides is 1. The number of ether oxygens (including phenoxy) is 1. The Bertz CT molecular complexity index is 1060. The van der Waals surface area contributed by atoms with Gasteiger partial charge in [0.1, 0.15) is 5.75 Å². The van der Waals surface area contributed by atoms with Crippen molar-refractivity contribution in [3.63, 3.8) is 0 Å². The van der Waals surface area contributed by atoms with Gasteiger partial charge in [-0.1, -0.05) is 31.5 Å². The van der Waals surface area contributed by atoms with E-state index in [0.29, 0.717) is 29.3 Å². The van der Waals surface area contributed by atoms with E-state index in [1.807, 2.05) is 25.1 Å². The van der Waals surface area contributed by atoms with Gasteiger partial charge in [0.2, 0.25) is 5.91 Å². The highest BCUT2D eigenvalue weighted by Crippen LogP contribution is 2.49. The van der Waals surface area contributed by atoms with E-state index < -0.39 is 0 Å². The number of benzene rings is 1. The molecule has 0 fully saturated rings. The van der Waals surface area contributed by atoms with Crippen molar-refractivity contribution in [1.82, 2.24) is 4.98 Å². The second-order valence-electron chi connectivity index (χ2n) is 8.85. The first-order chi connectivity index (χ1) is 14.2. The summed E-state index contributed by atoms with van der Waals surface area (Å²) in [7, 11) is 1.56. The molecule has 1 atom stereocenters. The Morgan fingerprint density at radius 1 is 1.23 bits per heavy atom. The minimum atomic E-state index is -0.277. The number of anilines is 1. The topological polar surface area (TPSA) is 59.5 Å². The molecule has 0 radical (unpaired) electrons. The Morgan fingerprint density at radius 2 is 2.00 bits per heavy atom. The molecule has 0 saturated carbocycles. The molecule has 2 aromatic rings. The SMILES string of the molecule is COc1cc(Cl)c(C)cc1N1C(=O)CC(c2cccnc2)C2=C1CC(C)(C)CC2=O. The normalized spacial score (nSPS) is 21.0. The molecule has 30 heavy (non-hydrogen) atoms. The summed E-state index contributed by atoms with van der Waals surface area (Å²) in [5.74, 6) is 0.271. The third kappa shape index (κ3) is 3.52. The summed E-state index contributed by atoms with van der Waals surface area (Å²) in [5.41, 5.74) is 3.62. The van der Waals surface area contributed by atoms with Crippen LogP contribution in [0, 0.1) is 12.3 Å². The number of allylic oxidation sites excluding steroid dienone is 2. The first-order valence-electron chi connectivity index (χ1n) is 10.0. The lowest BCUT2D eigenvalue weighted by Crippen LogP contribution is -2.43. The lowest BCUT2D eigenvalue weighted by atomic mass is 9.69. The molecule has 1 unspecified atom stereocenters. The number of halogens is 1. The summed E-state index contributed by atoms with van der Waals surface area (Å²) < 4.78 is 5.56. The molecule has 6 heteroatoms. The van der Waals surface area contributed by atoms with E-state index in [-0.39, 0.29) is 29.4 Å². The largest absolute Gasteiger partial charge is 0.495 e.